The monoisotopic (exact) mass is 398 g/mol. The fourth-order valence-corrected chi connectivity index (χ4v) is 3.42. The van der Waals surface area contributed by atoms with Crippen LogP contribution in [0.5, 0.6) is 0 Å². The number of nitrogens with one attached hydrogen (secondary N) is 1. The van der Waals surface area contributed by atoms with Crippen LogP contribution >= 0.6 is 12.2 Å². The lowest BCUT2D eigenvalue weighted by Gasteiger charge is -2.23. The van der Waals surface area contributed by atoms with E-state index < -0.39 is 0 Å². The second kappa shape index (κ2) is 9.73. The molecule has 1 aromatic carbocycles. The number of nitrogens with zero attached hydrogens (tertiary/aromatic N) is 4. The SMILES string of the molecule is COCCn1c(-c2ccncc2)nn(C[NH+](Cc2ccccc2)C(C)C)c1=S. The van der Waals surface area contributed by atoms with Crippen molar-refractivity contribution < 1.29 is 9.64 Å². The van der Waals surface area contributed by atoms with E-state index in [-0.39, 0.29) is 0 Å². The van der Waals surface area contributed by atoms with E-state index in [4.69, 9.17) is 22.1 Å². The van der Waals surface area contributed by atoms with Crippen LogP contribution in [0.2, 0.25) is 0 Å². The van der Waals surface area contributed by atoms with E-state index in [9.17, 15) is 0 Å². The second-order valence-corrected chi connectivity index (χ2v) is 7.48. The number of quaternary nitrogens is 1. The number of methoxy groups -OCH3 is 1. The van der Waals surface area contributed by atoms with Gasteiger partial charge in [-0.1, -0.05) is 30.3 Å². The Kier molecular flexibility index (Phi) is 7.08. The van der Waals surface area contributed by atoms with Crippen molar-refractivity contribution in [1.82, 2.24) is 19.3 Å². The molecule has 0 spiro atoms. The Morgan fingerprint density at radius 1 is 1.11 bits per heavy atom. The fourth-order valence-electron chi connectivity index (χ4n) is 3.14. The molecule has 3 aromatic rings. The molecule has 1 N–H and O–H groups in total. The predicted molar refractivity (Wildman–Crippen MR) is 112 cm³/mol. The van der Waals surface area contributed by atoms with Gasteiger partial charge >= 0.3 is 0 Å². The summed E-state index contributed by atoms with van der Waals surface area (Å²) in [6.45, 7) is 7.35. The van der Waals surface area contributed by atoms with E-state index >= 15 is 0 Å². The van der Waals surface area contributed by atoms with Crippen molar-refractivity contribution in [3.8, 4) is 11.4 Å². The first-order chi connectivity index (χ1) is 13.6. The third kappa shape index (κ3) is 4.92. The van der Waals surface area contributed by atoms with Crippen molar-refractivity contribution in [2.24, 2.45) is 0 Å². The third-order valence-corrected chi connectivity index (χ3v) is 5.25. The largest absolute Gasteiger partial charge is 0.383 e. The standard InChI is InChI=1S/C21H27N5OS/c1-17(2)24(15-18-7-5-4-6-8-18)16-26-21(28)25(13-14-27-3)20(23-26)19-9-11-22-12-10-19/h4-12,17H,13-16H2,1-3H3/p+1. The Balaban J connectivity index is 1.92. The number of ether oxygens (including phenoxy) is 1. The van der Waals surface area contributed by atoms with Crippen LogP contribution < -0.4 is 4.90 Å². The van der Waals surface area contributed by atoms with Gasteiger partial charge in [-0.3, -0.25) is 9.55 Å². The van der Waals surface area contributed by atoms with Crippen molar-refractivity contribution in [1.29, 1.82) is 0 Å². The average Bonchev–Trinajstić information content (AvgIpc) is 3.02. The maximum Gasteiger partial charge on any atom is 0.203 e. The van der Waals surface area contributed by atoms with Crippen molar-refractivity contribution >= 4 is 12.2 Å². The summed E-state index contributed by atoms with van der Waals surface area (Å²) in [4.78, 5) is 5.51. The molecule has 28 heavy (non-hydrogen) atoms. The van der Waals surface area contributed by atoms with Gasteiger partial charge in [0.15, 0.2) is 12.5 Å². The van der Waals surface area contributed by atoms with Crippen molar-refractivity contribution in [2.75, 3.05) is 13.7 Å². The first-order valence-corrected chi connectivity index (χ1v) is 9.96. The van der Waals surface area contributed by atoms with Gasteiger partial charge in [-0.15, -0.1) is 5.10 Å². The summed E-state index contributed by atoms with van der Waals surface area (Å²) in [7, 11) is 1.70. The van der Waals surface area contributed by atoms with Gasteiger partial charge in [-0.25, -0.2) is 0 Å². The summed E-state index contributed by atoms with van der Waals surface area (Å²) in [6, 6.07) is 14.9. The van der Waals surface area contributed by atoms with Gasteiger partial charge in [0.05, 0.1) is 19.2 Å². The molecule has 0 saturated carbocycles. The molecule has 6 nitrogen and oxygen atoms in total. The third-order valence-electron chi connectivity index (χ3n) is 4.82. The molecule has 2 aromatic heterocycles. The lowest BCUT2D eigenvalue weighted by Crippen LogP contribution is -3.13. The molecular weight excluding hydrogens is 370 g/mol. The summed E-state index contributed by atoms with van der Waals surface area (Å²) < 4.78 is 9.99. The van der Waals surface area contributed by atoms with Crippen LogP contribution in [0.25, 0.3) is 11.4 Å². The predicted octanol–water partition coefficient (Wildman–Crippen LogP) is 2.57. The van der Waals surface area contributed by atoms with Gasteiger partial charge in [-0.05, 0) is 38.2 Å². The van der Waals surface area contributed by atoms with Crippen LogP contribution in [-0.2, 0) is 24.5 Å². The van der Waals surface area contributed by atoms with Gasteiger partial charge in [0.2, 0.25) is 4.77 Å². The number of aromatic nitrogens is 4. The second-order valence-electron chi connectivity index (χ2n) is 7.12. The Bertz CT molecular complexity index is 921. The zero-order chi connectivity index (χ0) is 19.9. The van der Waals surface area contributed by atoms with Crippen LogP contribution in [0.4, 0.5) is 0 Å². The first-order valence-electron chi connectivity index (χ1n) is 9.55. The Hall–Kier alpha value is -2.35. The number of hydrogen-bond acceptors (Lipinski definition) is 4. The maximum absolute atomic E-state index is 5.77. The Labute approximate surface area is 171 Å². The van der Waals surface area contributed by atoms with Crippen molar-refractivity contribution in [3.63, 3.8) is 0 Å². The van der Waals surface area contributed by atoms with E-state index in [2.05, 4.69) is 47.7 Å². The highest BCUT2D eigenvalue weighted by Gasteiger charge is 2.19. The van der Waals surface area contributed by atoms with Gasteiger partial charge in [0.1, 0.15) is 6.54 Å². The molecule has 0 amide bonds. The van der Waals surface area contributed by atoms with Crippen molar-refractivity contribution in [2.45, 2.75) is 39.6 Å². The maximum atomic E-state index is 5.77. The van der Waals surface area contributed by atoms with E-state index in [1.54, 1.807) is 19.5 Å². The fraction of sp³-hybridized carbons (Fsp3) is 0.381. The molecule has 0 radical (unpaired) electrons. The zero-order valence-corrected chi connectivity index (χ0v) is 17.5. The van der Waals surface area contributed by atoms with Crippen LogP contribution in [0, 0.1) is 4.77 Å². The van der Waals surface area contributed by atoms with Crippen LogP contribution in [-0.4, -0.2) is 39.1 Å². The normalized spacial score (nSPS) is 12.4. The number of pyridine rings is 1. The summed E-state index contributed by atoms with van der Waals surface area (Å²) in [5.41, 5.74) is 2.32. The number of rotatable bonds is 9. The number of benzene rings is 1. The lowest BCUT2D eigenvalue weighted by molar-refractivity contribution is -0.957. The van der Waals surface area contributed by atoms with E-state index in [0.717, 1.165) is 22.7 Å². The molecule has 2 heterocycles. The van der Waals surface area contributed by atoms with Gasteiger partial charge < -0.3 is 9.64 Å². The van der Waals surface area contributed by atoms with E-state index in [1.165, 1.54) is 10.5 Å². The molecule has 0 fully saturated rings. The summed E-state index contributed by atoms with van der Waals surface area (Å²) in [5, 5.41) is 4.87. The topological polar surface area (TPSA) is 49.3 Å². The molecule has 0 bridgehead atoms. The average molecular weight is 399 g/mol. The highest BCUT2D eigenvalue weighted by molar-refractivity contribution is 7.71. The van der Waals surface area contributed by atoms with Crippen molar-refractivity contribution in [3.05, 3.63) is 65.2 Å². The first kappa shape index (κ1) is 20.4. The smallest absolute Gasteiger partial charge is 0.203 e. The number of hydrogen-bond donors (Lipinski definition) is 1. The van der Waals surface area contributed by atoms with Gasteiger partial charge in [0, 0.05) is 30.6 Å². The van der Waals surface area contributed by atoms with Crippen LogP contribution in [0.15, 0.2) is 54.9 Å². The molecule has 0 aliphatic heterocycles. The molecular formula is C21H28N5OS+. The molecule has 1 atom stereocenters. The summed E-state index contributed by atoms with van der Waals surface area (Å²) >= 11 is 5.77. The van der Waals surface area contributed by atoms with E-state index in [1.807, 2.05) is 22.9 Å². The minimum absolute atomic E-state index is 0.440. The summed E-state index contributed by atoms with van der Waals surface area (Å²) in [6.07, 6.45) is 3.55. The van der Waals surface area contributed by atoms with Crippen LogP contribution in [0.1, 0.15) is 19.4 Å². The molecule has 0 aliphatic carbocycles. The Morgan fingerprint density at radius 3 is 2.46 bits per heavy atom. The molecule has 148 valence electrons. The molecule has 0 aliphatic rings. The molecule has 3 rings (SSSR count). The van der Waals surface area contributed by atoms with Crippen LogP contribution in [0.3, 0.4) is 0 Å². The Morgan fingerprint density at radius 2 is 1.82 bits per heavy atom. The minimum Gasteiger partial charge on any atom is -0.383 e. The van der Waals surface area contributed by atoms with E-state index in [0.29, 0.717) is 25.9 Å². The molecule has 7 heteroatoms. The summed E-state index contributed by atoms with van der Waals surface area (Å²) in [5.74, 6) is 0.854. The minimum atomic E-state index is 0.440. The van der Waals surface area contributed by atoms with Gasteiger partial charge in [0.25, 0.3) is 0 Å². The highest BCUT2D eigenvalue weighted by atomic mass is 32.1. The van der Waals surface area contributed by atoms with Gasteiger partial charge in [-0.2, -0.15) is 4.68 Å². The zero-order valence-electron chi connectivity index (χ0n) is 16.7. The molecule has 0 saturated heterocycles. The highest BCUT2D eigenvalue weighted by Crippen LogP contribution is 2.17. The quantitative estimate of drug-likeness (QED) is 0.563. The lowest BCUT2D eigenvalue weighted by atomic mass is 10.2. The molecule has 1 unspecified atom stereocenters.